The van der Waals surface area contributed by atoms with E-state index in [1.165, 1.54) is 5.69 Å². The highest BCUT2D eigenvalue weighted by atomic mass is 35.5. The average Bonchev–Trinajstić information content (AvgIpc) is 2.83. The van der Waals surface area contributed by atoms with Crippen molar-refractivity contribution in [1.82, 2.24) is 4.57 Å². The zero-order chi connectivity index (χ0) is 16.5. The monoisotopic (exact) mass is 337 g/mol. The van der Waals surface area contributed by atoms with Crippen LogP contribution in [0.15, 0.2) is 36.5 Å². The van der Waals surface area contributed by atoms with E-state index in [1.54, 1.807) is 0 Å². The molecular weight excluding hydrogens is 314 g/mol. The van der Waals surface area contributed by atoms with E-state index in [0.29, 0.717) is 6.61 Å². The smallest absolute Gasteiger partial charge is 0.137 e. The van der Waals surface area contributed by atoms with Gasteiger partial charge in [-0.2, -0.15) is 12.6 Å². The molecule has 0 bridgehead atoms. The summed E-state index contributed by atoms with van der Waals surface area (Å²) in [5, 5.41) is 0.733. The van der Waals surface area contributed by atoms with Gasteiger partial charge >= 0.3 is 0 Å². The van der Waals surface area contributed by atoms with Gasteiger partial charge in [0.25, 0.3) is 0 Å². The van der Waals surface area contributed by atoms with E-state index in [2.05, 4.69) is 38.3 Å². The van der Waals surface area contributed by atoms with Crippen LogP contribution in [-0.4, -0.2) is 15.9 Å². The van der Waals surface area contributed by atoms with E-state index < -0.39 is 0 Å². The van der Waals surface area contributed by atoms with E-state index in [9.17, 15) is 0 Å². The predicted molar refractivity (Wildman–Crippen MR) is 98.0 cm³/mol. The van der Waals surface area contributed by atoms with Gasteiger partial charge < -0.3 is 9.30 Å². The summed E-state index contributed by atoms with van der Waals surface area (Å²) in [7, 11) is 0. The summed E-state index contributed by atoms with van der Waals surface area (Å²) in [6, 6.07) is 9.95. The van der Waals surface area contributed by atoms with Crippen LogP contribution in [0.1, 0.15) is 40.3 Å². The zero-order valence-corrected chi connectivity index (χ0v) is 15.5. The molecule has 2 nitrogen and oxygen atoms in total. The number of aromatic nitrogens is 1. The lowest BCUT2D eigenvalue weighted by Gasteiger charge is -2.38. The largest absolute Gasteiger partial charge is 0.492 e. The second kappa shape index (κ2) is 6.21. The van der Waals surface area contributed by atoms with E-state index >= 15 is 0 Å². The molecule has 0 N–H and O–H groups in total. The van der Waals surface area contributed by atoms with Gasteiger partial charge in [-0.05, 0) is 31.2 Å². The second-order valence-corrected chi connectivity index (χ2v) is 8.08. The highest BCUT2D eigenvalue weighted by molar-refractivity contribution is 7.81. The Hall–Kier alpha value is -1.06. The molecule has 4 heteroatoms. The van der Waals surface area contributed by atoms with Crippen molar-refractivity contribution in [2.45, 2.75) is 44.8 Å². The summed E-state index contributed by atoms with van der Waals surface area (Å²) >= 11 is 10.8. The number of nitrogens with zero attached hydrogens (tertiary/aromatic N) is 1. The average molecular weight is 338 g/mol. The lowest BCUT2D eigenvalue weighted by atomic mass is 9.77. The molecule has 0 aliphatic carbocycles. The Bertz CT molecular complexity index is 638. The molecular formula is C18H24ClNOS. The Morgan fingerprint density at radius 2 is 1.73 bits per heavy atom. The van der Waals surface area contributed by atoms with Gasteiger partial charge in [0.15, 0.2) is 0 Å². The first-order valence-corrected chi connectivity index (χ1v) is 8.33. The van der Waals surface area contributed by atoms with E-state index in [4.69, 9.17) is 29.0 Å². The lowest BCUT2D eigenvalue weighted by Crippen LogP contribution is -2.39. The van der Waals surface area contributed by atoms with Crippen LogP contribution in [0.2, 0.25) is 5.02 Å². The molecule has 1 aromatic carbocycles. The van der Waals surface area contributed by atoms with Gasteiger partial charge in [0, 0.05) is 32.6 Å². The van der Waals surface area contributed by atoms with Crippen molar-refractivity contribution < 1.29 is 4.74 Å². The number of halogens is 1. The quantitative estimate of drug-likeness (QED) is 0.710. The topological polar surface area (TPSA) is 14.2 Å². The molecule has 0 aliphatic rings. The van der Waals surface area contributed by atoms with Crippen LogP contribution in [0.25, 0.3) is 5.69 Å². The minimum absolute atomic E-state index is 0.148. The Balaban J connectivity index is 2.59. The van der Waals surface area contributed by atoms with Crippen molar-refractivity contribution in [3.05, 3.63) is 47.2 Å². The first-order chi connectivity index (χ1) is 10.2. The molecule has 120 valence electrons. The Kier molecular flexibility index (Phi) is 4.88. The van der Waals surface area contributed by atoms with Crippen molar-refractivity contribution in [2.75, 3.05) is 6.61 Å². The van der Waals surface area contributed by atoms with Crippen molar-refractivity contribution >= 4 is 24.2 Å². The van der Waals surface area contributed by atoms with Crippen molar-refractivity contribution in [3.8, 4) is 11.4 Å². The molecule has 0 saturated carbocycles. The zero-order valence-electron chi connectivity index (χ0n) is 13.9. The molecule has 0 aliphatic heterocycles. The Morgan fingerprint density at radius 1 is 1.14 bits per heavy atom. The second-order valence-electron chi connectivity index (χ2n) is 6.52. The first kappa shape index (κ1) is 17.3. The van der Waals surface area contributed by atoms with Gasteiger partial charge in [-0.15, -0.1) is 0 Å². The van der Waals surface area contributed by atoms with Gasteiger partial charge in [0.1, 0.15) is 5.75 Å². The van der Waals surface area contributed by atoms with Crippen molar-refractivity contribution in [2.24, 2.45) is 0 Å². The molecule has 1 heterocycles. The third-order valence-corrected chi connectivity index (χ3v) is 5.19. The number of hydrogen-bond donors (Lipinski definition) is 1. The molecule has 2 rings (SSSR count). The maximum atomic E-state index is 6.01. The summed E-state index contributed by atoms with van der Waals surface area (Å²) in [6.45, 7) is 11.3. The van der Waals surface area contributed by atoms with Gasteiger partial charge in [-0.3, -0.25) is 0 Å². The third-order valence-electron chi connectivity index (χ3n) is 4.38. The van der Waals surface area contributed by atoms with Gasteiger partial charge in [-0.25, -0.2) is 0 Å². The summed E-state index contributed by atoms with van der Waals surface area (Å²) in [6.07, 6.45) is 2.03. The van der Waals surface area contributed by atoms with Crippen LogP contribution in [0.5, 0.6) is 5.75 Å². The van der Waals surface area contributed by atoms with E-state index in [1.807, 2.05) is 37.4 Å². The Labute approximate surface area is 143 Å². The van der Waals surface area contributed by atoms with E-state index in [-0.39, 0.29) is 10.2 Å². The normalized spacial score (nSPS) is 12.5. The molecule has 2 aromatic rings. The fourth-order valence-electron chi connectivity index (χ4n) is 2.29. The molecule has 0 unspecified atom stereocenters. The minimum Gasteiger partial charge on any atom is -0.492 e. The van der Waals surface area contributed by atoms with Crippen LogP contribution in [-0.2, 0) is 5.41 Å². The molecule has 0 atom stereocenters. The summed E-state index contributed by atoms with van der Waals surface area (Å²) in [5.41, 5.74) is 2.08. The van der Waals surface area contributed by atoms with Crippen LogP contribution in [0.4, 0.5) is 0 Å². The summed E-state index contributed by atoms with van der Waals surface area (Å²) in [4.78, 5) is 0. The highest BCUT2D eigenvalue weighted by Crippen LogP contribution is 2.41. The molecule has 0 radical (unpaired) electrons. The molecule has 1 aromatic heterocycles. The lowest BCUT2D eigenvalue weighted by molar-refractivity contribution is 0.340. The Morgan fingerprint density at radius 3 is 2.23 bits per heavy atom. The van der Waals surface area contributed by atoms with Crippen LogP contribution in [0.3, 0.4) is 0 Å². The number of rotatable bonds is 5. The molecule has 0 fully saturated rings. The fourth-order valence-corrected chi connectivity index (χ4v) is 2.53. The summed E-state index contributed by atoms with van der Waals surface area (Å²) < 4.78 is 7.69. The van der Waals surface area contributed by atoms with Crippen molar-refractivity contribution in [3.63, 3.8) is 0 Å². The molecule has 0 amide bonds. The standard InChI is InChI=1S/C18H24ClNOS/c1-6-21-15-11-16(17(2,3)18(4,5)22)20(12-15)14-9-7-13(19)8-10-14/h7-12,22H,6H2,1-5H3. The number of ether oxygens (including phenoxy) is 1. The third kappa shape index (κ3) is 3.31. The predicted octanol–water partition coefficient (Wildman–Crippen LogP) is 5.52. The number of hydrogen-bond acceptors (Lipinski definition) is 2. The molecule has 22 heavy (non-hydrogen) atoms. The van der Waals surface area contributed by atoms with Crippen LogP contribution < -0.4 is 4.74 Å². The molecule has 0 spiro atoms. The highest BCUT2D eigenvalue weighted by Gasteiger charge is 2.38. The van der Waals surface area contributed by atoms with Crippen LogP contribution in [0, 0.1) is 0 Å². The first-order valence-electron chi connectivity index (χ1n) is 7.51. The summed E-state index contributed by atoms with van der Waals surface area (Å²) in [5.74, 6) is 0.873. The molecule has 0 saturated heterocycles. The van der Waals surface area contributed by atoms with Gasteiger partial charge in [-0.1, -0.05) is 39.3 Å². The van der Waals surface area contributed by atoms with Crippen LogP contribution >= 0.6 is 24.2 Å². The number of thiol groups is 1. The fraction of sp³-hybridized carbons (Fsp3) is 0.444. The number of benzene rings is 1. The maximum absolute atomic E-state index is 6.01. The van der Waals surface area contributed by atoms with Crippen molar-refractivity contribution in [1.29, 1.82) is 0 Å². The minimum atomic E-state index is -0.182. The van der Waals surface area contributed by atoms with Gasteiger partial charge in [0.05, 0.1) is 12.8 Å². The van der Waals surface area contributed by atoms with Gasteiger partial charge in [0.2, 0.25) is 0 Å². The SMILES string of the molecule is CCOc1cc(C(C)(C)C(C)(C)S)n(-c2ccc(Cl)cc2)c1. The maximum Gasteiger partial charge on any atom is 0.137 e. The van der Waals surface area contributed by atoms with E-state index in [0.717, 1.165) is 16.5 Å².